The van der Waals surface area contributed by atoms with Crippen molar-refractivity contribution in [3.63, 3.8) is 0 Å². The van der Waals surface area contributed by atoms with Gasteiger partial charge in [-0.1, -0.05) is 77.8 Å². The summed E-state index contributed by atoms with van der Waals surface area (Å²) in [6.45, 7) is 7.19. The highest BCUT2D eigenvalue weighted by atomic mass is 79.9. The van der Waals surface area contributed by atoms with Gasteiger partial charge in [0, 0.05) is 5.57 Å². The number of nitrogens with one attached hydrogen (secondary N) is 2. The van der Waals surface area contributed by atoms with E-state index in [1.807, 2.05) is 11.9 Å². The van der Waals surface area contributed by atoms with E-state index in [-0.39, 0.29) is 6.61 Å². The monoisotopic (exact) mass is 551 g/mol. The Balaban J connectivity index is 0.000000328. The Hall–Kier alpha value is -2.45. The minimum atomic E-state index is -1.13. The Bertz CT molecular complexity index is 833. The van der Waals surface area contributed by atoms with Crippen molar-refractivity contribution in [2.45, 2.75) is 52.0 Å². The first-order valence-electron chi connectivity index (χ1n) is 12.3. The van der Waals surface area contributed by atoms with Gasteiger partial charge in [-0.15, -0.1) is 0 Å². The van der Waals surface area contributed by atoms with Gasteiger partial charge in [-0.3, -0.25) is 4.79 Å². The molecule has 0 saturated carbocycles. The number of ether oxygens (including phenoxy) is 1. The number of likely N-dealkylation sites (tertiary alicyclic amines) is 1. The van der Waals surface area contributed by atoms with Crippen molar-refractivity contribution in [3.05, 3.63) is 59.7 Å². The molecule has 1 saturated heterocycles. The lowest BCUT2D eigenvalue weighted by molar-refractivity contribution is -0.898. The van der Waals surface area contributed by atoms with Gasteiger partial charge >= 0.3 is 12.1 Å². The van der Waals surface area contributed by atoms with Gasteiger partial charge in [0.05, 0.1) is 19.7 Å². The third-order valence-corrected chi connectivity index (χ3v) is 6.03. The van der Waals surface area contributed by atoms with Crippen LogP contribution in [-0.4, -0.2) is 55.0 Å². The molecule has 0 bridgehead atoms. The zero-order valence-corrected chi connectivity index (χ0v) is 22.7. The average molecular weight is 553 g/mol. The molecular formula is C27H40BrN2O5+. The van der Waals surface area contributed by atoms with Crippen molar-refractivity contribution in [1.82, 2.24) is 5.32 Å². The number of amides is 1. The molecule has 1 fully saturated rings. The summed E-state index contributed by atoms with van der Waals surface area (Å²) in [6, 6.07) is 7.36. The SMILES string of the molecule is CBr.CCC1CC[NH+](CC(=O)C2=CCCC=C2)CC1.CCOC(=O)NC(C(=O)O)c1ccccc1. The second-order valence-electron chi connectivity index (χ2n) is 8.39. The molecule has 35 heavy (non-hydrogen) atoms. The number of Topliss-reactive ketones (excluding diaryl/α,β-unsaturated/α-hetero) is 1. The lowest BCUT2D eigenvalue weighted by Gasteiger charge is -2.28. The second-order valence-corrected chi connectivity index (χ2v) is 8.39. The standard InChI is InChI=1S/C15H23NO.C11H13NO4.CH3Br/c1-2-13-8-10-16(11-9-13)12-15(17)14-6-4-3-5-7-14;1-2-16-11(15)12-9(10(13)14)8-6-4-3-5-7-8;1-2/h4,6-7,13H,2-3,5,8-12H2,1H3;3-7,9H,2H2,1H3,(H,12,15)(H,13,14);1H3/p+1. The molecule has 2 aliphatic rings. The van der Waals surface area contributed by atoms with E-state index in [1.165, 1.54) is 37.3 Å². The molecule has 1 atom stereocenters. The second kappa shape index (κ2) is 17.9. The summed E-state index contributed by atoms with van der Waals surface area (Å²) < 4.78 is 4.63. The number of alkyl halides is 1. The van der Waals surface area contributed by atoms with Crippen molar-refractivity contribution < 1.29 is 29.1 Å². The van der Waals surface area contributed by atoms with E-state index in [1.54, 1.807) is 37.3 Å². The molecule has 1 heterocycles. The maximum Gasteiger partial charge on any atom is 0.408 e. The van der Waals surface area contributed by atoms with Crippen molar-refractivity contribution in [2.24, 2.45) is 5.92 Å². The quantitative estimate of drug-likeness (QED) is 0.422. The minimum absolute atomic E-state index is 0.201. The fraction of sp³-hybridized carbons (Fsp3) is 0.519. The predicted molar refractivity (Wildman–Crippen MR) is 142 cm³/mol. The maximum absolute atomic E-state index is 12.1. The van der Waals surface area contributed by atoms with E-state index in [2.05, 4.69) is 45.1 Å². The number of alkyl carbamates (subject to hydrolysis) is 1. The highest BCUT2D eigenvalue weighted by Gasteiger charge is 2.24. The van der Waals surface area contributed by atoms with Crippen molar-refractivity contribution in [2.75, 3.05) is 32.1 Å². The van der Waals surface area contributed by atoms with Crippen LogP contribution in [0.3, 0.4) is 0 Å². The molecule has 0 aromatic heterocycles. The van der Waals surface area contributed by atoms with Gasteiger partial charge in [0.2, 0.25) is 5.78 Å². The Kier molecular flexibility index (Phi) is 15.6. The first-order valence-corrected chi connectivity index (χ1v) is 13.8. The van der Waals surface area contributed by atoms with Crippen LogP contribution < -0.4 is 10.2 Å². The zero-order valence-electron chi connectivity index (χ0n) is 21.1. The summed E-state index contributed by atoms with van der Waals surface area (Å²) in [7, 11) is 0. The number of carbonyl (C=O) groups is 3. The van der Waals surface area contributed by atoms with Crippen LogP contribution >= 0.6 is 15.9 Å². The molecule has 3 rings (SSSR count). The highest BCUT2D eigenvalue weighted by Crippen LogP contribution is 2.14. The van der Waals surface area contributed by atoms with Crippen molar-refractivity contribution >= 4 is 33.8 Å². The number of hydrogen-bond acceptors (Lipinski definition) is 4. The van der Waals surface area contributed by atoms with Gasteiger partial charge < -0.3 is 20.1 Å². The summed E-state index contributed by atoms with van der Waals surface area (Å²) >= 11 is 2.94. The minimum Gasteiger partial charge on any atom is -0.479 e. The maximum atomic E-state index is 12.1. The number of carboxylic acids is 1. The number of piperidine rings is 1. The summed E-state index contributed by atoms with van der Waals surface area (Å²) in [5, 5.41) is 11.2. The first kappa shape index (κ1) is 30.6. The summed E-state index contributed by atoms with van der Waals surface area (Å²) in [4.78, 5) is 35.7. The molecule has 194 valence electrons. The molecule has 7 nitrogen and oxygen atoms in total. The Morgan fingerprint density at radius 1 is 1.11 bits per heavy atom. The van der Waals surface area contributed by atoms with Crippen LogP contribution in [0.4, 0.5) is 4.79 Å². The number of benzene rings is 1. The van der Waals surface area contributed by atoms with Crippen LogP contribution in [0.5, 0.6) is 0 Å². The van der Waals surface area contributed by atoms with Crippen molar-refractivity contribution in [1.29, 1.82) is 0 Å². The summed E-state index contributed by atoms with van der Waals surface area (Å²) in [6.07, 6.45) is 11.5. The van der Waals surface area contributed by atoms with Crippen LogP contribution in [0.1, 0.15) is 57.6 Å². The van der Waals surface area contributed by atoms with E-state index >= 15 is 0 Å². The number of hydrogen-bond donors (Lipinski definition) is 3. The molecule has 0 radical (unpaired) electrons. The van der Waals surface area contributed by atoms with E-state index in [9.17, 15) is 14.4 Å². The molecule has 3 N–H and O–H groups in total. The number of allylic oxidation sites excluding steroid dienone is 3. The molecule has 8 heteroatoms. The number of carbonyl (C=O) groups excluding carboxylic acids is 2. The molecule has 1 aliphatic carbocycles. The number of carboxylic acid groups (broad SMARTS) is 1. The topological polar surface area (TPSA) is 97.1 Å². The largest absolute Gasteiger partial charge is 0.479 e. The van der Waals surface area contributed by atoms with E-state index in [0.717, 1.165) is 24.3 Å². The lowest BCUT2D eigenvalue weighted by Crippen LogP contribution is -3.14. The number of halogens is 1. The van der Waals surface area contributed by atoms with Gasteiger partial charge in [0.15, 0.2) is 6.04 Å². The van der Waals surface area contributed by atoms with Crippen LogP contribution in [0.15, 0.2) is 54.1 Å². The number of rotatable bonds is 8. The Morgan fingerprint density at radius 3 is 2.29 bits per heavy atom. The number of quaternary nitrogens is 1. The van der Waals surface area contributed by atoms with Crippen LogP contribution in [0, 0.1) is 5.92 Å². The third-order valence-electron chi connectivity index (χ3n) is 6.03. The number of ketones is 1. The summed E-state index contributed by atoms with van der Waals surface area (Å²) in [5.74, 6) is 1.93. The molecular weight excluding hydrogens is 512 g/mol. The third kappa shape index (κ3) is 11.7. The summed E-state index contributed by atoms with van der Waals surface area (Å²) in [5.41, 5.74) is 1.45. The molecule has 1 aliphatic heterocycles. The number of aliphatic carboxylic acids is 1. The molecule has 0 spiro atoms. The Morgan fingerprint density at radius 2 is 1.77 bits per heavy atom. The molecule has 1 unspecified atom stereocenters. The lowest BCUT2D eigenvalue weighted by atomic mass is 9.94. The fourth-order valence-electron chi connectivity index (χ4n) is 4.04. The van der Waals surface area contributed by atoms with Crippen molar-refractivity contribution in [3.8, 4) is 0 Å². The van der Waals surface area contributed by atoms with Gasteiger partial charge in [-0.05, 0) is 49.9 Å². The fourth-order valence-corrected chi connectivity index (χ4v) is 4.04. The Labute approximate surface area is 217 Å². The van der Waals surface area contributed by atoms with E-state index in [0.29, 0.717) is 17.9 Å². The smallest absolute Gasteiger partial charge is 0.408 e. The predicted octanol–water partition coefficient (Wildman–Crippen LogP) is 4.11. The van der Waals surface area contributed by atoms with Crippen LogP contribution in [0.25, 0.3) is 0 Å². The highest BCUT2D eigenvalue weighted by molar-refractivity contribution is 9.08. The van der Waals surface area contributed by atoms with Crippen LogP contribution in [-0.2, 0) is 14.3 Å². The van der Waals surface area contributed by atoms with E-state index < -0.39 is 18.1 Å². The van der Waals surface area contributed by atoms with Crippen LogP contribution in [0.2, 0.25) is 0 Å². The van der Waals surface area contributed by atoms with E-state index in [4.69, 9.17) is 5.11 Å². The van der Waals surface area contributed by atoms with Gasteiger partial charge in [0.25, 0.3) is 0 Å². The molecule has 1 aromatic rings. The molecule has 1 aromatic carbocycles. The average Bonchev–Trinajstić information content (AvgIpc) is 2.90. The normalized spacial score (nSPS) is 19.5. The molecule has 1 amide bonds. The van der Waals surface area contributed by atoms with Gasteiger partial charge in [-0.2, -0.15) is 0 Å². The van der Waals surface area contributed by atoms with Gasteiger partial charge in [0.1, 0.15) is 6.54 Å². The van der Waals surface area contributed by atoms with Gasteiger partial charge in [-0.25, -0.2) is 9.59 Å². The first-order chi connectivity index (χ1) is 16.9. The zero-order chi connectivity index (χ0) is 26.1.